The predicted octanol–water partition coefficient (Wildman–Crippen LogP) is 2.08. The number of hydrogen-bond acceptors (Lipinski definition) is 3. The Morgan fingerprint density at radius 3 is 2.57 bits per heavy atom. The van der Waals surface area contributed by atoms with Gasteiger partial charge in [-0.2, -0.15) is 11.8 Å². The average Bonchev–Trinajstić information content (AvgIpc) is 2.54. The van der Waals surface area contributed by atoms with Gasteiger partial charge in [-0.1, -0.05) is 12.1 Å². The molecule has 0 atom stereocenters. The van der Waals surface area contributed by atoms with E-state index in [4.69, 9.17) is 5.73 Å². The molecule has 0 aromatic heterocycles. The minimum Gasteiger partial charge on any atom is -0.370 e. The smallest absolute Gasteiger partial charge is 0.319 e. The summed E-state index contributed by atoms with van der Waals surface area (Å²) in [5.41, 5.74) is 7.86. The van der Waals surface area contributed by atoms with Crippen LogP contribution in [0.25, 0.3) is 0 Å². The first-order valence-corrected chi connectivity index (χ1v) is 8.99. The predicted molar refractivity (Wildman–Crippen MR) is 98.0 cm³/mol. The lowest BCUT2D eigenvalue weighted by molar-refractivity contribution is 0.250. The summed E-state index contributed by atoms with van der Waals surface area (Å²) < 4.78 is 0. The number of urea groups is 1. The van der Waals surface area contributed by atoms with Crippen molar-refractivity contribution in [1.29, 1.82) is 0 Å². The van der Waals surface area contributed by atoms with E-state index >= 15 is 0 Å². The molecule has 2 amide bonds. The molecule has 1 aliphatic rings. The van der Waals surface area contributed by atoms with Gasteiger partial charge in [-0.3, -0.25) is 0 Å². The summed E-state index contributed by atoms with van der Waals surface area (Å²) >= 11 is 1.95. The van der Waals surface area contributed by atoms with E-state index in [9.17, 15) is 4.79 Å². The number of carbonyl (C=O) groups excluding carboxylic acids is 1. The number of rotatable bonds is 4. The molecular weight excluding hydrogens is 310 g/mol. The van der Waals surface area contributed by atoms with Crippen LogP contribution in [0.15, 0.2) is 29.3 Å². The van der Waals surface area contributed by atoms with E-state index in [-0.39, 0.29) is 12.1 Å². The third-order valence-corrected chi connectivity index (χ3v) is 4.33. The van der Waals surface area contributed by atoms with Gasteiger partial charge in [0.05, 0.1) is 6.54 Å². The molecule has 0 bridgehead atoms. The molecule has 126 valence electrons. The van der Waals surface area contributed by atoms with Crippen LogP contribution in [0.5, 0.6) is 0 Å². The Labute approximate surface area is 141 Å². The van der Waals surface area contributed by atoms with E-state index in [0.29, 0.717) is 12.5 Å². The van der Waals surface area contributed by atoms with E-state index in [1.165, 1.54) is 0 Å². The summed E-state index contributed by atoms with van der Waals surface area (Å²) in [5, 5.41) is 5.58. The number of thioether (sulfide) groups is 1. The number of nitrogens with zero attached hydrogens (tertiary/aromatic N) is 2. The molecule has 0 spiro atoms. The van der Waals surface area contributed by atoms with Gasteiger partial charge in [-0.15, -0.1) is 0 Å². The topological polar surface area (TPSA) is 82.8 Å². The van der Waals surface area contributed by atoms with Crippen LogP contribution >= 0.6 is 11.8 Å². The van der Waals surface area contributed by atoms with Crippen LogP contribution in [0, 0.1) is 0 Å². The number of hydrogen-bond donors (Lipinski definition) is 3. The first kappa shape index (κ1) is 17.5. The highest BCUT2D eigenvalue weighted by Gasteiger charge is 2.11. The first-order chi connectivity index (χ1) is 11.0. The van der Waals surface area contributed by atoms with Crippen LogP contribution < -0.4 is 16.4 Å². The van der Waals surface area contributed by atoms with Crippen LogP contribution in [0.2, 0.25) is 0 Å². The molecule has 1 aliphatic heterocycles. The summed E-state index contributed by atoms with van der Waals surface area (Å²) in [6.45, 7) is 6.33. The number of carbonyl (C=O) groups is 1. The molecule has 23 heavy (non-hydrogen) atoms. The lowest BCUT2D eigenvalue weighted by Gasteiger charge is -2.27. The third kappa shape index (κ3) is 6.02. The number of anilines is 1. The summed E-state index contributed by atoms with van der Waals surface area (Å²) in [4.78, 5) is 18.2. The fourth-order valence-corrected chi connectivity index (χ4v) is 3.09. The van der Waals surface area contributed by atoms with Crippen molar-refractivity contribution in [2.75, 3.05) is 29.9 Å². The van der Waals surface area contributed by atoms with E-state index in [0.717, 1.165) is 35.8 Å². The Bertz CT molecular complexity index is 538. The summed E-state index contributed by atoms with van der Waals surface area (Å²) in [6, 6.07) is 7.57. The van der Waals surface area contributed by atoms with Crippen LogP contribution in [0.1, 0.15) is 19.4 Å². The van der Waals surface area contributed by atoms with Crippen molar-refractivity contribution < 1.29 is 4.79 Å². The van der Waals surface area contributed by atoms with Crippen molar-refractivity contribution in [3.8, 4) is 0 Å². The molecule has 0 aliphatic carbocycles. The molecule has 0 radical (unpaired) electrons. The second-order valence-electron chi connectivity index (χ2n) is 5.72. The standard InChI is InChI=1S/C16H25N5OS/c1-12(2)19-16(22)20-14-5-3-13(4-6-14)11-18-15(17)21-7-9-23-10-8-21/h3-6,12H,7-11H2,1-2H3,(H2,17,18)(H2,19,20,22). The van der Waals surface area contributed by atoms with Gasteiger partial charge in [0, 0.05) is 36.3 Å². The van der Waals surface area contributed by atoms with Crippen LogP contribution in [0.4, 0.5) is 10.5 Å². The van der Waals surface area contributed by atoms with E-state index in [1.54, 1.807) is 0 Å². The first-order valence-electron chi connectivity index (χ1n) is 7.83. The van der Waals surface area contributed by atoms with Gasteiger partial charge in [-0.25, -0.2) is 9.79 Å². The van der Waals surface area contributed by atoms with Crippen LogP contribution in [-0.4, -0.2) is 47.5 Å². The molecular formula is C16H25N5OS. The normalized spacial score (nSPS) is 15.6. The Balaban J connectivity index is 1.85. The Morgan fingerprint density at radius 2 is 1.96 bits per heavy atom. The van der Waals surface area contributed by atoms with Gasteiger partial charge in [0.15, 0.2) is 5.96 Å². The highest BCUT2D eigenvalue weighted by Crippen LogP contribution is 2.12. The number of nitrogens with one attached hydrogen (secondary N) is 2. The molecule has 1 aromatic rings. The Morgan fingerprint density at radius 1 is 1.30 bits per heavy atom. The van der Waals surface area contributed by atoms with Gasteiger partial charge in [-0.05, 0) is 31.5 Å². The monoisotopic (exact) mass is 335 g/mol. The van der Waals surface area contributed by atoms with Crippen molar-refractivity contribution in [3.63, 3.8) is 0 Å². The number of aliphatic imine (C=N–C) groups is 1. The fourth-order valence-electron chi connectivity index (χ4n) is 2.19. The number of guanidine groups is 1. The van der Waals surface area contributed by atoms with Crippen LogP contribution in [-0.2, 0) is 6.54 Å². The van der Waals surface area contributed by atoms with Crippen molar-refractivity contribution in [2.45, 2.75) is 26.4 Å². The molecule has 2 rings (SSSR count). The molecule has 4 N–H and O–H groups in total. The molecule has 0 saturated carbocycles. The minimum atomic E-state index is -0.196. The molecule has 1 fully saturated rings. The van der Waals surface area contributed by atoms with Crippen molar-refractivity contribution in [3.05, 3.63) is 29.8 Å². The van der Waals surface area contributed by atoms with Gasteiger partial charge < -0.3 is 21.3 Å². The molecule has 7 heteroatoms. The van der Waals surface area contributed by atoms with E-state index in [1.807, 2.05) is 49.9 Å². The highest BCUT2D eigenvalue weighted by atomic mass is 32.2. The maximum Gasteiger partial charge on any atom is 0.319 e. The highest BCUT2D eigenvalue weighted by molar-refractivity contribution is 7.99. The van der Waals surface area contributed by atoms with Gasteiger partial charge in [0.1, 0.15) is 0 Å². The van der Waals surface area contributed by atoms with Crippen molar-refractivity contribution in [1.82, 2.24) is 10.2 Å². The second-order valence-corrected chi connectivity index (χ2v) is 6.95. The zero-order valence-electron chi connectivity index (χ0n) is 13.7. The van der Waals surface area contributed by atoms with Crippen LogP contribution in [0.3, 0.4) is 0 Å². The number of benzene rings is 1. The lowest BCUT2D eigenvalue weighted by atomic mass is 10.2. The summed E-state index contributed by atoms with van der Waals surface area (Å²) in [6.07, 6.45) is 0. The zero-order valence-corrected chi connectivity index (χ0v) is 14.5. The molecule has 1 heterocycles. The number of amides is 2. The third-order valence-electron chi connectivity index (χ3n) is 3.39. The molecule has 6 nitrogen and oxygen atoms in total. The molecule has 0 unspecified atom stereocenters. The lowest BCUT2D eigenvalue weighted by Crippen LogP contribution is -2.42. The van der Waals surface area contributed by atoms with E-state index < -0.39 is 0 Å². The number of nitrogens with two attached hydrogens (primary N) is 1. The largest absolute Gasteiger partial charge is 0.370 e. The van der Waals surface area contributed by atoms with Gasteiger partial charge in [0.2, 0.25) is 0 Å². The average molecular weight is 335 g/mol. The Kier molecular flexibility index (Phi) is 6.58. The maximum absolute atomic E-state index is 11.6. The van der Waals surface area contributed by atoms with Crippen molar-refractivity contribution in [2.24, 2.45) is 10.7 Å². The second kappa shape index (κ2) is 8.67. The fraction of sp³-hybridized carbons (Fsp3) is 0.500. The van der Waals surface area contributed by atoms with Gasteiger partial charge in [0.25, 0.3) is 0 Å². The van der Waals surface area contributed by atoms with E-state index in [2.05, 4.69) is 20.5 Å². The quantitative estimate of drug-likeness (QED) is 0.581. The zero-order chi connectivity index (χ0) is 16.7. The maximum atomic E-state index is 11.6. The molecule has 1 saturated heterocycles. The summed E-state index contributed by atoms with van der Waals surface area (Å²) in [5.74, 6) is 2.83. The molecule has 1 aromatic carbocycles. The SMILES string of the molecule is CC(C)NC(=O)Nc1ccc(CN=C(N)N2CCSCC2)cc1. The van der Waals surface area contributed by atoms with Gasteiger partial charge >= 0.3 is 6.03 Å². The summed E-state index contributed by atoms with van der Waals surface area (Å²) in [7, 11) is 0. The van der Waals surface area contributed by atoms with Crippen molar-refractivity contribution >= 4 is 29.4 Å². The Hall–Kier alpha value is -1.89. The minimum absolute atomic E-state index is 0.111.